The van der Waals surface area contributed by atoms with Crippen LogP contribution < -0.4 is 10.6 Å². The molecule has 0 fully saturated rings. The van der Waals surface area contributed by atoms with Gasteiger partial charge < -0.3 is 15.4 Å². The molecule has 2 aromatic carbocycles. The zero-order valence-electron chi connectivity index (χ0n) is 15.3. The lowest BCUT2D eigenvalue weighted by Crippen LogP contribution is -2.17. The van der Waals surface area contributed by atoms with Crippen molar-refractivity contribution in [1.82, 2.24) is 0 Å². The van der Waals surface area contributed by atoms with Crippen LogP contribution in [0.4, 0.5) is 17.1 Å². The molecule has 2 N–H and O–H groups in total. The minimum Gasteiger partial charge on any atom is -0.465 e. The van der Waals surface area contributed by atoms with Crippen LogP contribution in [-0.4, -0.2) is 23.9 Å². The number of nitro benzene ring substituents is 1. The van der Waals surface area contributed by atoms with Crippen LogP contribution in [0.3, 0.4) is 0 Å². The van der Waals surface area contributed by atoms with Gasteiger partial charge in [0.15, 0.2) is 0 Å². The molecule has 0 aliphatic heterocycles. The summed E-state index contributed by atoms with van der Waals surface area (Å²) in [6, 6.07) is 11.2. The average Bonchev–Trinajstić information content (AvgIpc) is 2.65. The monoisotopic (exact) mass is 371 g/mol. The van der Waals surface area contributed by atoms with E-state index in [0.29, 0.717) is 17.9 Å². The Bertz CT molecular complexity index is 864. The van der Waals surface area contributed by atoms with Crippen LogP contribution in [0, 0.1) is 16.0 Å². The van der Waals surface area contributed by atoms with Gasteiger partial charge in [-0.15, -0.1) is 0 Å². The molecule has 0 spiro atoms. The normalized spacial score (nSPS) is 10.4. The number of hydrogen-bond donors (Lipinski definition) is 2. The SMILES string of the molecule is COC(=O)c1cc([N+](=O)[O-])ccc1NCc1cccc(NC(=O)C(C)C)c1. The Morgan fingerprint density at radius 1 is 1.19 bits per heavy atom. The molecule has 0 saturated carbocycles. The lowest BCUT2D eigenvalue weighted by Gasteiger charge is -2.12. The molecule has 27 heavy (non-hydrogen) atoms. The number of methoxy groups -OCH3 is 1. The van der Waals surface area contributed by atoms with Crippen LogP contribution in [0.1, 0.15) is 29.8 Å². The highest BCUT2D eigenvalue weighted by molar-refractivity contribution is 5.96. The molecule has 8 nitrogen and oxygen atoms in total. The predicted octanol–water partition coefficient (Wildman–Crippen LogP) is 3.59. The highest BCUT2D eigenvalue weighted by atomic mass is 16.6. The fourth-order valence-electron chi connectivity index (χ4n) is 2.32. The number of anilines is 2. The number of carbonyl (C=O) groups excluding carboxylic acids is 2. The number of amides is 1. The van der Waals surface area contributed by atoms with E-state index in [9.17, 15) is 19.7 Å². The molecule has 0 unspecified atom stereocenters. The maximum atomic E-state index is 11.9. The second-order valence-electron chi connectivity index (χ2n) is 6.18. The number of esters is 1. The molecule has 142 valence electrons. The molecule has 8 heteroatoms. The number of nitro groups is 1. The van der Waals surface area contributed by atoms with Crippen molar-refractivity contribution < 1.29 is 19.2 Å². The van der Waals surface area contributed by atoms with Crippen molar-refractivity contribution in [2.24, 2.45) is 5.92 Å². The summed E-state index contributed by atoms with van der Waals surface area (Å²) < 4.78 is 4.70. The molecule has 0 bridgehead atoms. The van der Waals surface area contributed by atoms with Crippen molar-refractivity contribution in [3.8, 4) is 0 Å². The van der Waals surface area contributed by atoms with Gasteiger partial charge >= 0.3 is 5.97 Å². The van der Waals surface area contributed by atoms with Gasteiger partial charge in [-0.2, -0.15) is 0 Å². The van der Waals surface area contributed by atoms with Gasteiger partial charge in [0.2, 0.25) is 5.91 Å². The standard InChI is InChI=1S/C19H21N3O5/c1-12(2)18(23)21-14-6-4-5-13(9-14)11-20-17-8-7-15(22(25)26)10-16(17)19(24)27-3/h4-10,12,20H,11H2,1-3H3,(H,21,23). The molecule has 2 aromatic rings. The third-order valence-corrected chi connectivity index (χ3v) is 3.82. The van der Waals surface area contributed by atoms with Crippen LogP contribution in [0.25, 0.3) is 0 Å². The summed E-state index contributed by atoms with van der Waals surface area (Å²) >= 11 is 0. The molecule has 0 radical (unpaired) electrons. The second kappa shape index (κ2) is 8.79. The van der Waals surface area contributed by atoms with E-state index < -0.39 is 10.9 Å². The zero-order valence-corrected chi connectivity index (χ0v) is 15.3. The van der Waals surface area contributed by atoms with Crippen molar-refractivity contribution in [2.45, 2.75) is 20.4 Å². The van der Waals surface area contributed by atoms with E-state index in [4.69, 9.17) is 4.74 Å². The van der Waals surface area contributed by atoms with Crippen molar-refractivity contribution >= 4 is 28.9 Å². The van der Waals surface area contributed by atoms with E-state index in [2.05, 4.69) is 10.6 Å². The zero-order chi connectivity index (χ0) is 20.0. The van der Waals surface area contributed by atoms with Gasteiger partial charge in [0, 0.05) is 36.0 Å². The maximum absolute atomic E-state index is 11.9. The van der Waals surface area contributed by atoms with E-state index in [1.807, 2.05) is 32.0 Å². The van der Waals surface area contributed by atoms with Gasteiger partial charge in [-0.25, -0.2) is 4.79 Å². The summed E-state index contributed by atoms with van der Waals surface area (Å²) in [7, 11) is 1.21. The van der Waals surface area contributed by atoms with Gasteiger partial charge in [0.25, 0.3) is 5.69 Å². The number of non-ortho nitro benzene ring substituents is 1. The van der Waals surface area contributed by atoms with Crippen LogP contribution in [0.15, 0.2) is 42.5 Å². The van der Waals surface area contributed by atoms with Gasteiger partial charge in [-0.1, -0.05) is 26.0 Å². The fraction of sp³-hybridized carbons (Fsp3) is 0.263. The highest BCUT2D eigenvalue weighted by Crippen LogP contribution is 2.24. The van der Waals surface area contributed by atoms with Crippen molar-refractivity contribution in [2.75, 3.05) is 17.7 Å². The van der Waals surface area contributed by atoms with Gasteiger partial charge in [-0.05, 0) is 23.8 Å². The highest BCUT2D eigenvalue weighted by Gasteiger charge is 2.17. The molecule has 0 aliphatic carbocycles. The molecule has 0 atom stereocenters. The van der Waals surface area contributed by atoms with Crippen LogP contribution >= 0.6 is 0 Å². The number of nitrogens with zero attached hydrogens (tertiary/aromatic N) is 1. The molecule has 0 aliphatic rings. The number of benzene rings is 2. The van der Waals surface area contributed by atoms with Crippen LogP contribution in [0.2, 0.25) is 0 Å². The number of hydrogen-bond acceptors (Lipinski definition) is 6. The van der Waals surface area contributed by atoms with E-state index in [1.54, 1.807) is 6.07 Å². The smallest absolute Gasteiger partial charge is 0.340 e. The second-order valence-corrected chi connectivity index (χ2v) is 6.18. The Morgan fingerprint density at radius 3 is 2.56 bits per heavy atom. The third kappa shape index (κ3) is 5.27. The van der Waals surface area contributed by atoms with Crippen molar-refractivity contribution in [3.63, 3.8) is 0 Å². The molecule has 0 heterocycles. The molecule has 2 rings (SSSR count). The molecule has 0 saturated heterocycles. The van der Waals surface area contributed by atoms with Crippen LogP contribution in [-0.2, 0) is 16.1 Å². The Labute approximate surface area is 156 Å². The summed E-state index contributed by atoms with van der Waals surface area (Å²) in [6.07, 6.45) is 0. The van der Waals surface area contributed by atoms with E-state index in [1.165, 1.54) is 25.3 Å². The van der Waals surface area contributed by atoms with E-state index in [0.717, 1.165) is 5.56 Å². The van der Waals surface area contributed by atoms with Gasteiger partial charge in [0.1, 0.15) is 0 Å². The summed E-state index contributed by atoms with van der Waals surface area (Å²) in [5.41, 5.74) is 1.84. The first-order valence-electron chi connectivity index (χ1n) is 8.32. The lowest BCUT2D eigenvalue weighted by atomic mass is 10.1. The first-order chi connectivity index (χ1) is 12.8. The van der Waals surface area contributed by atoms with Gasteiger partial charge in [0.05, 0.1) is 17.6 Å². The van der Waals surface area contributed by atoms with Crippen molar-refractivity contribution in [1.29, 1.82) is 0 Å². The summed E-state index contributed by atoms with van der Waals surface area (Å²) in [5.74, 6) is -0.878. The average molecular weight is 371 g/mol. The predicted molar refractivity (Wildman–Crippen MR) is 102 cm³/mol. The maximum Gasteiger partial charge on any atom is 0.340 e. The quantitative estimate of drug-likeness (QED) is 0.437. The molecular weight excluding hydrogens is 350 g/mol. The number of rotatable bonds is 7. The summed E-state index contributed by atoms with van der Waals surface area (Å²) in [5, 5.41) is 16.8. The number of carbonyl (C=O) groups is 2. The fourth-order valence-corrected chi connectivity index (χ4v) is 2.32. The van der Waals surface area contributed by atoms with Gasteiger partial charge in [-0.3, -0.25) is 14.9 Å². The van der Waals surface area contributed by atoms with Crippen LogP contribution in [0.5, 0.6) is 0 Å². The Kier molecular flexibility index (Phi) is 6.48. The number of nitrogens with one attached hydrogen (secondary N) is 2. The molecule has 1 amide bonds. The Hall–Kier alpha value is -3.42. The molecular formula is C19H21N3O5. The number of ether oxygens (including phenoxy) is 1. The van der Waals surface area contributed by atoms with E-state index in [-0.39, 0.29) is 23.1 Å². The van der Waals surface area contributed by atoms with Crippen molar-refractivity contribution in [3.05, 3.63) is 63.7 Å². The largest absolute Gasteiger partial charge is 0.465 e. The lowest BCUT2D eigenvalue weighted by molar-refractivity contribution is -0.384. The summed E-state index contributed by atoms with van der Waals surface area (Å²) in [4.78, 5) is 34.1. The minimum absolute atomic E-state index is 0.0796. The van der Waals surface area contributed by atoms with E-state index >= 15 is 0 Å². The minimum atomic E-state index is -0.667. The first-order valence-corrected chi connectivity index (χ1v) is 8.32. The third-order valence-electron chi connectivity index (χ3n) is 3.82. The molecule has 0 aromatic heterocycles. The first kappa shape index (κ1) is 19.9. The topological polar surface area (TPSA) is 111 Å². The Balaban J connectivity index is 2.17. The Morgan fingerprint density at radius 2 is 1.93 bits per heavy atom. The summed E-state index contributed by atoms with van der Waals surface area (Å²) in [6.45, 7) is 3.97.